The van der Waals surface area contributed by atoms with Gasteiger partial charge in [0.25, 0.3) is 0 Å². The molecule has 4 nitrogen and oxygen atoms in total. The van der Waals surface area contributed by atoms with Crippen LogP contribution in [-0.2, 0) is 0 Å². The predicted octanol–water partition coefficient (Wildman–Crippen LogP) is 3.60. The molecule has 0 saturated carbocycles. The zero-order valence-electron chi connectivity index (χ0n) is 14.2. The van der Waals surface area contributed by atoms with Gasteiger partial charge in [-0.2, -0.15) is 0 Å². The largest absolute Gasteiger partial charge is 0.423 e. The van der Waals surface area contributed by atoms with Crippen LogP contribution in [0.25, 0.3) is 17.0 Å². The molecule has 126 valence electrons. The van der Waals surface area contributed by atoms with Crippen LogP contribution in [0.15, 0.2) is 69.9 Å². The molecule has 3 rings (SSSR count). The van der Waals surface area contributed by atoms with Crippen LogP contribution in [0, 0.1) is 0 Å². The molecule has 0 aliphatic heterocycles. The SMILES string of the molecule is CN(C)CC=Cc1cccc(C(=O)c2cc(=O)oc3ccccc23)c1. The fraction of sp³-hybridized carbons (Fsp3) is 0.143. The average Bonchev–Trinajstić information content (AvgIpc) is 2.60. The first-order valence-electron chi connectivity index (χ1n) is 8.03. The summed E-state index contributed by atoms with van der Waals surface area (Å²) in [5, 5.41) is 0.639. The Morgan fingerprint density at radius 3 is 2.68 bits per heavy atom. The third-order valence-electron chi connectivity index (χ3n) is 3.82. The molecule has 4 heteroatoms. The molecule has 0 bridgehead atoms. The molecule has 0 aliphatic carbocycles. The monoisotopic (exact) mass is 333 g/mol. The van der Waals surface area contributed by atoms with Crippen LogP contribution in [0.4, 0.5) is 0 Å². The molecule has 0 radical (unpaired) electrons. The van der Waals surface area contributed by atoms with Gasteiger partial charge in [0.2, 0.25) is 0 Å². The molecule has 0 amide bonds. The summed E-state index contributed by atoms with van der Waals surface area (Å²) in [6.07, 6.45) is 4.02. The number of hydrogen-bond acceptors (Lipinski definition) is 4. The van der Waals surface area contributed by atoms with E-state index in [-0.39, 0.29) is 5.78 Å². The zero-order valence-corrected chi connectivity index (χ0v) is 14.2. The maximum Gasteiger partial charge on any atom is 0.336 e. The minimum atomic E-state index is -0.524. The third kappa shape index (κ3) is 3.92. The second-order valence-electron chi connectivity index (χ2n) is 6.09. The molecular weight excluding hydrogens is 314 g/mol. The summed E-state index contributed by atoms with van der Waals surface area (Å²) >= 11 is 0. The van der Waals surface area contributed by atoms with Crippen molar-refractivity contribution in [3.8, 4) is 0 Å². The Morgan fingerprint density at radius 1 is 1.08 bits per heavy atom. The fourth-order valence-electron chi connectivity index (χ4n) is 2.64. The summed E-state index contributed by atoms with van der Waals surface area (Å²) in [4.78, 5) is 26.8. The topological polar surface area (TPSA) is 50.5 Å². The Bertz CT molecular complexity index is 999. The normalized spacial score (nSPS) is 11.5. The Balaban J connectivity index is 1.99. The van der Waals surface area contributed by atoms with E-state index in [2.05, 4.69) is 4.90 Å². The minimum absolute atomic E-state index is 0.188. The first-order valence-corrected chi connectivity index (χ1v) is 8.03. The van der Waals surface area contributed by atoms with Crippen molar-refractivity contribution in [2.24, 2.45) is 0 Å². The van der Waals surface area contributed by atoms with E-state index >= 15 is 0 Å². The smallest absolute Gasteiger partial charge is 0.336 e. The molecule has 0 spiro atoms. The second-order valence-corrected chi connectivity index (χ2v) is 6.09. The molecule has 0 saturated heterocycles. The van der Waals surface area contributed by atoms with Gasteiger partial charge in [0.05, 0.1) is 0 Å². The van der Waals surface area contributed by atoms with Crippen molar-refractivity contribution in [3.05, 3.63) is 87.8 Å². The standard InChI is InChI=1S/C21H19NO3/c1-22(2)12-6-8-15-7-5-9-16(13-15)21(24)18-14-20(23)25-19-11-4-3-10-17(18)19/h3-11,13-14H,12H2,1-2H3. The van der Waals surface area contributed by atoms with E-state index < -0.39 is 5.63 Å². The summed E-state index contributed by atoms with van der Waals surface area (Å²) in [5.74, 6) is -0.188. The number of nitrogens with zero attached hydrogens (tertiary/aromatic N) is 1. The van der Waals surface area contributed by atoms with Crippen molar-refractivity contribution in [3.63, 3.8) is 0 Å². The van der Waals surface area contributed by atoms with Gasteiger partial charge in [-0.1, -0.05) is 48.6 Å². The third-order valence-corrected chi connectivity index (χ3v) is 3.82. The van der Waals surface area contributed by atoms with Gasteiger partial charge in [0.1, 0.15) is 5.58 Å². The molecule has 0 fully saturated rings. The fourth-order valence-corrected chi connectivity index (χ4v) is 2.64. The Morgan fingerprint density at radius 2 is 1.88 bits per heavy atom. The minimum Gasteiger partial charge on any atom is -0.423 e. The number of hydrogen-bond donors (Lipinski definition) is 0. The molecule has 3 aromatic rings. The predicted molar refractivity (Wildman–Crippen MR) is 99.9 cm³/mol. The van der Waals surface area contributed by atoms with Crippen molar-refractivity contribution in [2.45, 2.75) is 0 Å². The number of likely N-dealkylation sites (N-methyl/N-ethyl adjacent to an activating group) is 1. The van der Waals surface area contributed by atoms with Crippen molar-refractivity contribution in [1.29, 1.82) is 0 Å². The van der Waals surface area contributed by atoms with E-state index in [9.17, 15) is 9.59 Å². The highest BCUT2D eigenvalue weighted by molar-refractivity contribution is 6.15. The van der Waals surface area contributed by atoms with Crippen molar-refractivity contribution in [2.75, 3.05) is 20.6 Å². The maximum absolute atomic E-state index is 12.9. The van der Waals surface area contributed by atoms with Crippen molar-refractivity contribution in [1.82, 2.24) is 4.90 Å². The lowest BCUT2D eigenvalue weighted by Crippen LogP contribution is -2.10. The summed E-state index contributed by atoms with van der Waals surface area (Å²) in [5.41, 5.74) is 1.74. The average molecular weight is 333 g/mol. The van der Waals surface area contributed by atoms with Gasteiger partial charge in [0.15, 0.2) is 5.78 Å². The Kier molecular flexibility index (Phi) is 4.91. The molecule has 0 N–H and O–H groups in total. The van der Waals surface area contributed by atoms with E-state index in [1.54, 1.807) is 24.3 Å². The zero-order chi connectivity index (χ0) is 17.8. The van der Waals surface area contributed by atoms with Crippen LogP contribution in [-0.4, -0.2) is 31.3 Å². The lowest BCUT2D eigenvalue weighted by Gasteiger charge is -2.06. The Labute approximate surface area is 146 Å². The van der Waals surface area contributed by atoms with Crippen LogP contribution in [0.1, 0.15) is 21.5 Å². The maximum atomic E-state index is 12.9. The summed E-state index contributed by atoms with van der Waals surface area (Å²) in [6, 6.07) is 15.7. The number of fused-ring (bicyclic) bond motifs is 1. The molecule has 1 aromatic heterocycles. The number of carbonyl (C=O) groups excluding carboxylic acids is 1. The van der Waals surface area contributed by atoms with Crippen LogP contribution in [0.5, 0.6) is 0 Å². The van der Waals surface area contributed by atoms with Crippen LogP contribution in [0.2, 0.25) is 0 Å². The molecule has 25 heavy (non-hydrogen) atoms. The summed E-state index contributed by atoms with van der Waals surface area (Å²) in [7, 11) is 3.99. The van der Waals surface area contributed by atoms with Crippen LogP contribution < -0.4 is 5.63 Å². The van der Waals surface area contributed by atoms with Gasteiger partial charge in [-0.3, -0.25) is 4.79 Å². The lowest BCUT2D eigenvalue weighted by atomic mass is 9.99. The highest BCUT2D eigenvalue weighted by atomic mass is 16.4. The first-order chi connectivity index (χ1) is 12.0. The van der Waals surface area contributed by atoms with E-state index in [0.29, 0.717) is 22.1 Å². The van der Waals surface area contributed by atoms with Gasteiger partial charge < -0.3 is 9.32 Å². The molecule has 0 atom stereocenters. The molecule has 1 heterocycles. The van der Waals surface area contributed by atoms with Crippen LogP contribution in [0.3, 0.4) is 0 Å². The quantitative estimate of drug-likeness (QED) is 0.529. The number of rotatable bonds is 5. The second kappa shape index (κ2) is 7.28. The molecular formula is C21H19NO3. The summed E-state index contributed by atoms with van der Waals surface area (Å²) in [6.45, 7) is 0.822. The first kappa shape index (κ1) is 16.9. The van der Waals surface area contributed by atoms with Crippen molar-refractivity contribution < 1.29 is 9.21 Å². The van der Waals surface area contributed by atoms with E-state index in [4.69, 9.17) is 4.42 Å². The van der Waals surface area contributed by atoms with E-state index in [1.165, 1.54) is 6.07 Å². The van der Waals surface area contributed by atoms with E-state index in [0.717, 1.165) is 12.1 Å². The van der Waals surface area contributed by atoms with Gasteiger partial charge in [-0.15, -0.1) is 0 Å². The lowest BCUT2D eigenvalue weighted by molar-refractivity contribution is 0.103. The highest BCUT2D eigenvalue weighted by Crippen LogP contribution is 2.20. The highest BCUT2D eigenvalue weighted by Gasteiger charge is 2.15. The molecule has 0 aliphatic rings. The molecule has 0 unspecified atom stereocenters. The van der Waals surface area contributed by atoms with E-state index in [1.807, 2.05) is 50.5 Å². The number of ketones is 1. The van der Waals surface area contributed by atoms with Gasteiger partial charge >= 0.3 is 5.63 Å². The summed E-state index contributed by atoms with van der Waals surface area (Å²) < 4.78 is 5.16. The number of benzene rings is 2. The Hall–Kier alpha value is -2.98. The molecule has 2 aromatic carbocycles. The number of carbonyl (C=O) groups is 1. The van der Waals surface area contributed by atoms with Gasteiger partial charge in [-0.05, 0) is 31.8 Å². The van der Waals surface area contributed by atoms with Crippen molar-refractivity contribution >= 4 is 22.8 Å². The van der Waals surface area contributed by atoms with Crippen LogP contribution >= 0.6 is 0 Å². The number of para-hydroxylation sites is 1. The van der Waals surface area contributed by atoms with Gasteiger partial charge in [-0.25, -0.2) is 4.79 Å². The van der Waals surface area contributed by atoms with Gasteiger partial charge in [0, 0.05) is 29.1 Å².